The van der Waals surface area contributed by atoms with Crippen molar-refractivity contribution in [1.29, 1.82) is 0 Å². The van der Waals surface area contributed by atoms with Gasteiger partial charge >= 0.3 is 6.03 Å². The second kappa shape index (κ2) is 6.78. The molecule has 0 aliphatic carbocycles. The van der Waals surface area contributed by atoms with E-state index in [9.17, 15) is 4.79 Å². The van der Waals surface area contributed by atoms with E-state index in [2.05, 4.69) is 20.8 Å². The summed E-state index contributed by atoms with van der Waals surface area (Å²) in [5, 5.41) is 9.94. The van der Waals surface area contributed by atoms with Crippen molar-refractivity contribution in [3.63, 3.8) is 0 Å². The molecule has 0 fully saturated rings. The number of aryl methyl sites for hydroxylation is 1. The quantitative estimate of drug-likeness (QED) is 0.707. The smallest absolute Gasteiger partial charge is 0.320 e. The van der Waals surface area contributed by atoms with E-state index in [1.807, 2.05) is 30.3 Å². The van der Waals surface area contributed by atoms with Crippen LogP contribution in [-0.4, -0.2) is 29.3 Å². The summed E-state index contributed by atoms with van der Waals surface area (Å²) in [5.41, 5.74) is 0.803. The zero-order chi connectivity index (χ0) is 16.1. The molecule has 7 nitrogen and oxygen atoms in total. The summed E-state index contributed by atoms with van der Waals surface area (Å²) in [6, 6.07) is 10.9. The number of rotatable bonds is 5. The number of urea groups is 1. The Labute approximate surface area is 132 Å². The summed E-state index contributed by atoms with van der Waals surface area (Å²) in [6.07, 6.45) is 1.72. The maximum Gasteiger partial charge on any atom is 0.320 e. The van der Waals surface area contributed by atoms with Gasteiger partial charge in [0.15, 0.2) is 5.82 Å². The molecule has 0 saturated heterocycles. The molecule has 0 atom stereocenters. The number of ether oxygens (including phenoxy) is 1. The highest BCUT2D eigenvalue weighted by atomic mass is 16.5. The Hall–Kier alpha value is -3.09. The summed E-state index contributed by atoms with van der Waals surface area (Å²) in [7, 11) is 0. The molecule has 0 aliphatic rings. The zero-order valence-electron chi connectivity index (χ0n) is 12.6. The van der Waals surface area contributed by atoms with E-state index in [1.165, 1.54) is 0 Å². The van der Waals surface area contributed by atoms with Gasteiger partial charge < -0.3 is 14.6 Å². The van der Waals surface area contributed by atoms with Crippen LogP contribution in [0.3, 0.4) is 0 Å². The number of hydrogen-bond donors (Lipinski definition) is 2. The van der Waals surface area contributed by atoms with E-state index < -0.39 is 0 Å². The lowest BCUT2D eigenvalue weighted by Crippen LogP contribution is -2.32. The van der Waals surface area contributed by atoms with Gasteiger partial charge in [-0.15, -0.1) is 0 Å². The lowest BCUT2D eigenvalue weighted by Gasteiger charge is -2.09. The van der Waals surface area contributed by atoms with Crippen molar-refractivity contribution in [2.24, 2.45) is 0 Å². The molecule has 1 aromatic carbocycles. The van der Waals surface area contributed by atoms with E-state index in [4.69, 9.17) is 9.26 Å². The highest BCUT2D eigenvalue weighted by Gasteiger charge is 2.06. The molecule has 118 valence electrons. The van der Waals surface area contributed by atoms with Crippen molar-refractivity contribution in [3.05, 3.63) is 48.4 Å². The van der Waals surface area contributed by atoms with Crippen LogP contribution in [0.1, 0.15) is 5.76 Å². The molecule has 0 unspecified atom stereocenters. The average molecular weight is 312 g/mol. The van der Waals surface area contributed by atoms with Crippen LogP contribution in [0.25, 0.3) is 10.9 Å². The Morgan fingerprint density at radius 1 is 1.30 bits per heavy atom. The number of para-hydroxylation sites is 1. The molecule has 2 amide bonds. The van der Waals surface area contributed by atoms with Gasteiger partial charge in [0.2, 0.25) is 0 Å². The molecule has 0 bridgehead atoms. The standard InChI is InChI=1S/C16H16N4O3/c1-11-10-14(20-23-11)19-16(21)18-8-9-22-13-6-2-4-12-5-3-7-17-15(12)13/h2-7,10H,8-9H2,1H3,(H2,18,19,20,21). The number of benzene rings is 1. The molecule has 2 heterocycles. The molecular weight excluding hydrogens is 296 g/mol. The Morgan fingerprint density at radius 2 is 2.17 bits per heavy atom. The molecule has 23 heavy (non-hydrogen) atoms. The number of nitrogens with one attached hydrogen (secondary N) is 2. The number of amides is 2. The summed E-state index contributed by atoms with van der Waals surface area (Å²) in [4.78, 5) is 16.0. The van der Waals surface area contributed by atoms with E-state index in [1.54, 1.807) is 19.2 Å². The Bertz CT molecular complexity index is 810. The van der Waals surface area contributed by atoms with E-state index in [-0.39, 0.29) is 6.03 Å². The number of aromatic nitrogens is 2. The first-order chi connectivity index (χ1) is 11.2. The fraction of sp³-hybridized carbons (Fsp3) is 0.188. The Morgan fingerprint density at radius 3 is 3.00 bits per heavy atom. The third-order valence-corrected chi connectivity index (χ3v) is 3.11. The number of nitrogens with zero attached hydrogens (tertiary/aromatic N) is 2. The van der Waals surface area contributed by atoms with Crippen LogP contribution in [0, 0.1) is 6.92 Å². The second-order valence-electron chi connectivity index (χ2n) is 4.88. The first kappa shape index (κ1) is 14.8. The van der Waals surface area contributed by atoms with Crippen LogP contribution in [0.4, 0.5) is 10.6 Å². The van der Waals surface area contributed by atoms with Gasteiger partial charge in [0.25, 0.3) is 0 Å². The van der Waals surface area contributed by atoms with Crippen LogP contribution < -0.4 is 15.4 Å². The van der Waals surface area contributed by atoms with Crippen molar-refractivity contribution in [1.82, 2.24) is 15.5 Å². The normalized spacial score (nSPS) is 10.5. The third kappa shape index (κ3) is 3.76. The van der Waals surface area contributed by atoms with Crippen LogP contribution in [0.15, 0.2) is 47.1 Å². The molecule has 0 aliphatic heterocycles. The molecule has 3 rings (SSSR count). The highest BCUT2D eigenvalue weighted by molar-refractivity contribution is 5.88. The first-order valence-corrected chi connectivity index (χ1v) is 7.17. The van der Waals surface area contributed by atoms with Crippen LogP contribution in [0.5, 0.6) is 5.75 Å². The molecule has 3 aromatic rings. The second-order valence-corrected chi connectivity index (χ2v) is 4.88. The zero-order valence-corrected chi connectivity index (χ0v) is 12.6. The fourth-order valence-corrected chi connectivity index (χ4v) is 2.10. The van der Waals surface area contributed by atoms with Gasteiger partial charge in [0.1, 0.15) is 23.6 Å². The monoisotopic (exact) mass is 312 g/mol. The molecule has 7 heteroatoms. The molecule has 2 N–H and O–H groups in total. The van der Waals surface area contributed by atoms with Crippen molar-refractivity contribution >= 4 is 22.8 Å². The van der Waals surface area contributed by atoms with Gasteiger partial charge in [-0.1, -0.05) is 23.4 Å². The van der Waals surface area contributed by atoms with Gasteiger partial charge in [-0.2, -0.15) is 0 Å². The largest absolute Gasteiger partial charge is 0.489 e. The summed E-state index contributed by atoms with van der Waals surface area (Å²) in [6.45, 7) is 2.44. The number of carbonyl (C=O) groups is 1. The maximum absolute atomic E-state index is 11.7. The molecule has 0 spiro atoms. The number of fused-ring (bicyclic) bond motifs is 1. The third-order valence-electron chi connectivity index (χ3n) is 3.11. The highest BCUT2D eigenvalue weighted by Crippen LogP contribution is 2.22. The minimum atomic E-state index is -0.363. The first-order valence-electron chi connectivity index (χ1n) is 7.17. The van der Waals surface area contributed by atoms with Crippen molar-refractivity contribution in [2.75, 3.05) is 18.5 Å². The van der Waals surface area contributed by atoms with Crippen LogP contribution >= 0.6 is 0 Å². The summed E-state index contributed by atoms with van der Waals surface area (Å²) in [5.74, 6) is 1.70. The van der Waals surface area contributed by atoms with Crippen molar-refractivity contribution in [3.8, 4) is 5.75 Å². The lowest BCUT2D eigenvalue weighted by atomic mass is 10.2. The van der Waals surface area contributed by atoms with Crippen LogP contribution in [-0.2, 0) is 0 Å². The van der Waals surface area contributed by atoms with Gasteiger partial charge in [-0.05, 0) is 19.1 Å². The molecule has 2 aromatic heterocycles. The molecule has 0 radical (unpaired) electrons. The van der Waals surface area contributed by atoms with Crippen LogP contribution in [0.2, 0.25) is 0 Å². The van der Waals surface area contributed by atoms with Gasteiger partial charge in [0, 0.05) is 17.6 Å². The number of anilines is 1. The predicted octanol–water partition coefficient (Wildman–Crippen LogP) is 2.73. The topological polar surface area (TPSA) is 89.3 Å². The van der Waals surface area contributed by atoms with E-state index >= 15 is 0 Å². The molecular formula is C16H16N4O3. The number of hydrogen-bond acceptors (Lipinski definition) is 5. The predicted molar refractivity (Wildman–Crippen MR) is 85.5 cm³/mol. The Kier molecular flexibility index (Phi) is 4.37. The van der Waals surface area contributed by atoms with Crippen molar-refractivity contribution in [2.45, 2.75) is 6.92 Å². The minimum absolute atomic E-state index is 0.334. The maximum atomic E-state index is 11.7. The minimum Gasteiger partial charge on any atom is -0.489 e. The van der Waals surface area contributed by atoms with Crippen molar-refractivity contribution < 1.29 is 14.1 Å². The van der Waals surface area contributed by atoms with E-state index in [0.29, 0.717) is 30.5 Å². The van der Waals surface area contributed by atoms with Gasteiger partial charge in [0.05, 0.1) is 6.54 Å². The lowest BCUT2D eigenvalue weighted by molar-refractivity contribution is 0.247. The van der Waals surface area contributed by atoms with Gasteiger partial charge in [-0.3, -0.25) is 10.3 Å². The average Bonchev–Trinajstić information content (AvgIpc) is 2.96. The number of pyridine rings is 1. The molecule has 0 saturated carbocycles. The van der Waals surface area contributed by atoms with Gasteiger partial charge in [-0.25, -0.2) is 4.79 Å². The fourth-order valence-electron chi connectivity index (χ4n) is 2.10. The number of carbonyl (C=O) groups excluding carboxylic acids is 1. The summed E-state index contributed by atoms with van der Waals surface area (Å²) >= 11 is 0. The Balaban J connectivity index is 1.48. The summed E-state index contributed by atoms with van der Waals surface area (Å²) < 4.78 is 10.6. The van der Waals surface area contributed by atoms with E-state index in [0.717, 1.165) is 10.9 Å². The SMILES string of the molecule is Cc1cc(NC(=O)NCCOc2cccc3cccnc23)no1.